The summed E-state index contributed by atoms with van der Waals surface area (Å²) in [4.78, 5) is 4.35. The summed E-state index contributed by atoms with van der Waals surface area (Å²) in [5.74, 6) is 0.673. The molecule has 0 radical (unpaired) electrons. The molecule has 1 aromatic carbocycles. The van der Waals surface area contributed by atoms with Crippen LogP contribution in [0.15, 0.2) is 40.9 Å². The molecule has 1 saturated heterocycles. The van der Waals surface area contributed by atoms with Crippen LogP contribution in [-0.4, -0.2) is 38.9 Å². The van der Waals surface area contributed by atoms with Gasteiger partial charge < -0.3 is 10.6 Å². The molecule has 0 spiro atoms. The molecule has 0 amide bonds. The van der Waals surface area contributed by atoms with E-state index >= 15 is 0 Å². The van der Waals surface area contributed by atoms with Crippen LogP contribution in [0.4, 0.5) is 13.2 Å². The van der Waals surface area contributed by atoms with E-state index in [1.807, 2.05) is 6.92 Å². The van der Waals surface area contributed by atoms with Crippen LogP contribution < -0.4 is 10.6 Å². The van der Waals surface area contributed by atoms with Crippen molar-refractivity contribution in [2.24, 2.45) is 10.9 Å². The third-order valence-electron chi connectivity index (χ3n) is 4.67. The molecule has 0 aliphatic carbocycles. The number of piperidine rings is 1. The van der Waals surface area contributed by atoms with Crippen molar-refractivity contribution < 1.29 is 13.2 Å². The molecule has 2 N–H and O–H groups in total. The Morgan fingerprint density at radius 3 is 2.42 bits per heavy atom. The zero-order valence-corrected chi connectivity index (χ0v) is 15.5. The summed E-state index contributed by atoms with van der Waals surface area (Å²) >= 11 is 0. The fourth-order valence-corrected chi connectivity index (χ4v) is 3.27. The van der Waals surface area contributed by atoms with Gasteiger partial charge in [0.05, 0.1) is 11.3 Å². The molecule has 1 aliphatic heterocycles. The van der Waals surface area contributed by atoms with Gasteiger partial charge in [0, 0.05) is 13.6 Å². The Bertz CT molecular complexity index is 612. The van der Waals surface area contributed by atoms with Crippen molar-refractivity contribution in [1.82, 2.24) is 10.6 Å². The van der Waals surface area contributed by atoms with Crippen LogP contribution >= 0.6 is 0 Å². The standard InChI is InChI=1S/C20H28F3N3/c1-3-4-17(14-26-13-15-9-11-25-12-10-15)19(24-2)16-5-7-18(8-6-16)20(21,22)23/h4-8,15,25-26H,3,9-14H2,1-2H3/b17-4-,24-19?. The minimum atomic E-state index is -4.32. The van der Waals surface area contributed by atoms with Crippen molar-refractivity contribution in [3.8, 4) is 0 Å². The van der Waals surface area contributed by atoms with Crippen LogP contribution in [0.1, 0.15) is 37.3 Å². The van der Waals surface area contributed by atoms with E-state index < -0.39 is 11.7 Å². The third kappa shape index (κ3) is 5.95. The highest BCUT2D eigenvalue weighted by atomic mass is 19.4. The number of benzene rings is 1. The first-order valence-corrected chi connectivity index (χ1v) is 9.21. The number of aliphatic imine (C=N–C) groups is 1. The fourth-order valence-electron chi connectivity index (χ4n) is 3.27. The van der Waals surface area contributed by atoms with Gasteiger partial charge in [-0.05, 0) is 68.1 Å². The maximum atomic E-state index is 12.8. The molecule has 2 rings (SSSR count). The summed E-state index contributed by atoms with van der Waals surface area (Å²) in [6.45, 7) is 5.81. The molecule has 1 aliphatic rings. The summed E-state index contributed by atoms with van der Waals surface area (Å²) in [7, 11) is 1.68. The van der Waals surface area contributed by atoms with E-state index in [9.17, 15) is 13.2 Å². The van der Waals surface area contributed by atoms with Gasteiger partial charge in [-0.15, -0.1) is 0 Å². The molecule has 1 heterocycles. The Labute approximate surface area is 153 Å². The Morgan fingerprint density at radius 1 is 1.23 bits per heavy atom. The largest absolute Gasteiger partial charge is 0.416 e. The van der Waals surface area contributed by atoms with E-state index in [0.717, 1.165) is 49.5 Å². The van der Waals surface area contributed by atoms with E-state index in [-0.39, 0.29) is 0 Å². The highest BCUT2D eigenvalue weighted by molar-refractivity contribution is 6.12. The summed E-state index contributed by atoms with van der Waals surface area (Å²) in [6, 6.07) is 5.24. The number of hydrogen-bond acceptors (Lipinski definition) is 3. The summed E-state index contributed by atoms with van der Waals surface area (Å²) < 4.78 is 38.3. The van der Waals surface area contributed by atoms with Crippen molar-refractivity contribution >= 4 is 5.71 Å². The number of rotatable bonds is 7. The van der Waals surface area contributed by atoms with E-state index in [1.54, 1.807) is 7.05 Å². The number of nitrogens with one attached hydrogen (secondary N) is 2. The molecule has 144 valence electrons. The Kier molecular flexibility index (Phi) is 7.85. The van der Waals surface area contributed by atoms with Crippen LogP contribution in [0.5, 0.6) is 0 Å². The number of nitrogens with zero attached hydrogens (tertiary/aromatic N) is 1. The second-order valence-electron chi connectivity index (χ2n) is 6.61. The molecule has 0 atom stereocenters. The molecule has 1 fully saturated rings. The molecular weight excluding hydrogens is 339 g/mol. The monoisotopic (exact) mass is 367 g/mol. The van der Waals surface area contributed by atoms with E-state index in [4.69, 9.17) is 0 Å². The highest BCUT2D eigenvalue weighted by Crippen LogP contribution is 2.29. The van der Waals surface area contributed by atoms with Gasteiger partial charge in [-0.1, -0.05) is 25.1 Å². The maximum Gasteiger partial charge on any atom is 0.416 e. The number of hydrogen-bond donors (Lipinski definition) is 2. The average molecular weight is 367 g/mol. The topological polar surface area (TPSA) is 36.4 Å². The first-order valence-electron chi connectivity index (χ1n) is 9.21. The molecule has 0 unspecified atom stereocenters. The van der Waals surface area contributed by atoms with Crippen molar-refractivity contribution in [3.05, 3.63) is 47.0 Å². The first kappa shape index (κ1) is 20.6. The lowest BCUT2D eigenvalue weighted by molar-refractivity contribution is -0.137. The molecular formula is C20H28F3N3. The average Bonchev–Trinajstić information content (AvgIpc) is 2.63. The first-order chi connectivity index (χ1) is 12.5. The Balaban J connectivity index is 2.04. The molecule has 1 aromatic rings. The van der Waals surface area contributed by atoms with Gasteiger partial charge in [-0.2, -0.15) is 13.2 Å². The van der Waals surface area contributed by atoms with Crippen LogP contribution in [-0.2, 0) is 6.18 Å². The van der Waals surface area contributed by atoms with Gasteiger partial charge in [0.15, 0.2) is 0 Å². The number of halogens is 3. The van der Waals surface area contributed by atoms with E-state index in [2.05, 4.69) is 21.7 Å². The van der Waals surface area contributed by atoms with Gasteiger partial charge >= 0.3 is 6.18 Å². The lowest BCUT2D eigenvalue weighted by Gasteiger charge is -2.23. The predicted molar refractivity (Wildman–Crippen MR) is 101 cm³/mol. The van der Waals surface area contributed by atoms with Crippen molar-refractivity contribution in [3.63, 3.8) is 0 Å². The predicted octanol–water partition coefficient (Wildman–Crippen LogP) is 4.05. The summed E-state index contributed by atoms with van der Waals surface area (Å²) in [5.41, 5.74) is 1.85. The lowest BCUT2D eigenvalue weighted by atomic mass is 9.97. The number of allylic oxidation sites excluding steroid dienone is 1. The van der Waals surface area contributed by atoms with Gasteiger partial charge in [0.25, 0.3) is 0 Å². The van der Waals surface area contributed by atoms with Gasteiger partial charge in [0.1, 0.15) is 0 Å². The van der Waals surface area contributed by atoms with Crippen LogP contribution in [0.2, 0.25) is 0 Å². The summed E-state index contributed by atoms with van der Waals surface area (Å²) in [6.07, 6.45) is 0.973. The van der Waals surface area contributed by atoms with Gasteiger partial charge in [0.2, 0.25) is 0 Å². The van der Waals surface area contributed by atoms with Crippen LogP contribution in [0.3, 0.4) is 0 Å². The van der Waals surface area contributed by atoms with Gasteiger partial charge in [-0.25, -0.2) is 0 Å². The van der Waals surface area contributed by atoms with Crippen molar-refractivity contribution in [1.29, 1.82) is 0 Å². The quantitative estimate of drug-likeness (QED) is 0.714. The third-order valence-corrected chi connectivity index (χ3v) is 4.67. The fraction of sp³-hybridized carbons (Fsp3) is 0.550. The van der Waals surface area contributed by atoms with Crippen LogP contribution in [0.25, 0.3) is 0 Å². The number of alkyl halides is 3. The van der Waals surface area contributed by atoms with E-state index in [0.29, 0.717) is 18.0 Å². The Morgan fingerprint density at radius 2 is 1.88 bits per heavy atom. The van der Waals surface area contributed by atoms with Gasteiger partial charge in [-0.3, -0.25) is 4.99 Å². The minimum Gasteiger partial charge on any atom is -0.317 e. The molecule has 26 heavy (non-hydrogen) atoms. The minimum absolute atomic E-state index is 0.637. The van der Waals surface area contributed by atoms with Crippen molar-refractivity contribution in [2.45, 2.75) is 32.4 Å². The molecule has 3 nitrogen and oxygen atoms in total. The second kappa shape index (κ2) is 9.88. The SMILES string of the molecule is CC/C=C(/CNCC1CCNCC1)C(=NC)c1ccc(C(F)(F)F)cc1. The second-order valence-corrected chi connectivity index (χ2v) is 6.61. The molecule has 0 bridgehead atoms. The van der Waals surface area contributed by atoms with E-state index in [1.165, 1.54) is 25.0 Å². The summed E-state index contributed by atoms with van der Waals surface area (Å²) in [5, 5.41) is 6.86. The Hall–Kier alpha value is -1.66. The normalized spacial score (nSPS) is 17.6. The molecule has 6 heteroatoms. The zero-order valence-electron chi connectivity index (χ0n) is 15.5. The molecule has 0 aromatic heterocycles. The maximum absolute atomic E-state index is 12.8. The lowest BCUT2D eigenvalue weighted by Crippen LogP contribution is -2.34. The van der Waals surface area contributed by atoms with Crippen LogP contribution in [0, 0.1) is 5.92 Å². The highest BCUT2D eigenvalue weighted by Gasteiger charge is 2.30. The zero-order chi connectivity index (χ0) is 19.0. The smallest absolute Gasteiger partial charge is 0.317 e. The molecule has 0 saturated carbocycles. The van der Waals surface area contributed by atoms with Crippen molar-refractivity contribution in [2.75, 3.05) is 33.2 Å².